The fourth-order valence-electron chi connectivity index (χ4n) is 4.02. The van der Waals surface area contributed by atoms with Gasteiger partial charge in [0.25, 0.3) is 0 Å². The van der Waals surface area contributed by atoms with Crippen molar-refractivity contribution in [2.45, 2.75) is 147 Å². The van der Waals surface area contributed by atoms with E-state index in [1.165, 1.54) is 102 Å². The lowest BCUT2D eigenvalue weighted by Gasteiger charge is -2.24. The number of aliphatic hydroxyl groups is 1. The molecule has 6 nitrogen and oxygen atoms in total. The van der Waals surface area contributed by atoms with Gasteiger partial charge in [0.05, 0.1) is 12.7 Å². The van der Waals surface area contributed by atoms with E-state index in [-0.39, 0.29) is 12.7 Å². The molecule has 0 fully saturated rings. The average Bonchev–Trinajstić information content (AvgIpc) is 2.85. The molecule has 4 atom stereocenters. The zero-order valence-corrected chi connectivity index (χ0v) is 24.5. The Balaban J connectivity index is 4.24. The van der Waals surface area contributed by atoms with Crippen molar-refractivity contribution in [2.24, 2.45) is 0 Å². The van der Waals surface area contributed by atoms with Crippen LogP contribution in [0.2, 0.25) is 0 Å². The van der Waals surface area contributed by atoms with Crippen LogP contribution >= 0.6 is 20.2 Å². The molecule has 0 aromatic heterocycles. The molecule has 0 rings (SSSR count). The van der Waals surface area contributed by atoms with E-state index in [4.69, 9.17) is 14.6 Å². The number of aliphatic carboxylic acids is 1. The molecule has 2 N–H and O–H groups in total. The van der Waals surface area contributed by atoms with Gasteiger partial charge in [0.1, 0.15) is 0 Å². The van der Waals surface area contributed by atoms with Crippen LogP contribution in [0.3, 0.4) is 0 Å². The maximum absolute atomic E-state index is 10.9. The van der Waals surface area contributed by atoms with Crippen LogP contribution in [0.4, 0.5) is 0 Å². The van der Waals surface area contributed by atoms with Gasteiger partial charge in [0, 0.05) is 11.9 Å². The van der Waals surface area contributed by atoms with Gasteiger partial charge in [0.15, 0.2) is 0 Å². The fourth-order valence-corrected chi connectivity index (χ4v) is 5.62. The molecule has 8 heteroatoms. The van der Waals surface area contributed by atoms with Gasteiger partial charge in [-0.3, -0.25) is 0 Å². The Morgan fingerprint density at radius 2 is 1.34 bits per heavy atom. The summed E-state index contributed by atoms with van der Waals surface area (Å²) in [7, 11) is -1.48. The second-order valence-corrected chi connectivity index (χ2v) is 11.9. The number of rotatable bonds is 27. The smallest absolute Gasteiger partial charge is 0.470 e. The molecular formula is C27H54O6PS+. The molecule has 208 valence electrons. The van der Waals surface area contributed by atoms with E-state index in [0.717, 1.165) is 6.42 Å². The molecular weight excluding hydrogens is 483 g/mol. The molecule has 0 aromatic carbocycles. The van der Waals surface area contributed by atoms with Gasteiger partial charge in [-0.25, -0.2) is 4.79 Å². The van der Waals surface area contributed by atoms with Crippen molar-refractivity contribution in [1.29, 1.82) is 0 Å². The Kier molecular flexibility index (Phi) is 24.0. The van der Waals surface area contributed by atoms with Crippen LogP contribution in [0.25, 0.3) is 0 Å². The largest absolute Gasteiger partial charge is 0.474 e. The van der Waals surface area contributed by atoms with Crippen molar-refractivity contribution in [3.63, 3.8) is 0 Å². The summed E-state index contributed by atoms with van der Waals surface area (Å²) in [4.78, 5) is 10.9. The van der Waals surface area contributed by atoms with Gasteiger partial charge < -0.3 is 19.7 Å². The monoisotopic (exact) mass is 537 g/mol. The van der Waals surface area contributed by atoms with Crippen LogP contribution in [0.15, 0.2) is 0 Å². The molecule has 0 radical (unpaired) electrons. The van der Waals surface area contributed by atoms with Crippen LogP contribution in [0.5, 0.6) is 0 Å². The summed E-state index contributed by atoms with van der Waals surface area (Å²) in [6.07, 6.45) is 21.5. The standard InChI is InChI=1S/C27H53O6PS/c1-4-6-8-10-12-13-14-16-18-23-35-25(20-17-15-11-9-7-5-2)24(3)32-21-19-22-33-27(30,34-31)26(28)29/h24-25,30H,4-23H2,1-3H3,(H,28,29)/p+1. The Morgan fingerprint density at radius 3 is 1.86 bits per heavy atom. The highest BCUT2D eigenvalue weighted by Crippen LogP contribution is 2.26. The zero-order chi connectivity index (χ0) is 26.2. The van der Waals surface area contributed by atoms with Crippen LogP contribution < -0.4 is 0 Å². The first kappa shape index (κ1) is 34.8. The van der Waals surface area contributed by atoms with Gasteiger partial charge >= 0.3 is 20.0 Å². The van der Waals surface area contributed by atoms with E-state index >= 15 is 0 Å². The van der Waals surface area contributed by atoms with Crippen molar-refractivity contribution in [3.05, 3.63) is 0 Å². The lowest BCUT2D eigenvalue weighted by molar-refractivity contribution is -0.190. The summed E-state index contributed by atoms with van der Waals surface area (Å²) < 4.78 is 21.9. The third-order valence-electron chi connectivity index (χ3n) is 6.35. The Bertz CT molecular complexity index is 510. The third-order valence-corrected chi connectivity index (χ3v) is 8.56. The maximum Gasteiger partial charge on any atom is 0.470 e. The van der Waals surface area contributed by atoms with Crippen molar-refractivity contribution >= 4 is 26.2 Å². The quantitative estimate of drug-likeness (QED) is 0.0624. The highest BCUT2D eigenvalue weighted by molar-refractivity contribution is 7.99. The first-order valence-corrected chi connectivity index (χ1v) is 16.1. The number of hydrogen-bond donors (Lipinski definition) is 2. The second kappa shape index (κ2) is 24.2. The lowest BCUT2D eigenvalue weighted by atomic mass is 10.1. The number of unbranched alkanes of at least 4 members (excludes halogenated alkanes) is 13. The molecule has 0 heterocycles. The number of ether oxygens (including phenoxy) is 2. The van der Waals surface area contributed by atoms with Crippen LogP contribution in [-0.2, 0) is 18.8 Å². The first-order valence-electron chi connectivity index (χ1n) is 14.1. The highest BCUT2D eigenvalue weighted by Gasteiger charge is 2.47. The highest BCUT2D eigenvalue weighted by atomic mass is 32.2. The molecule has 0 aliphatic heterocycles. The average molecular weight is 538 g/mol. The van der Waals surface area contributed by atoms with E-state index in [1.807, 2.05) is 11.8 Å². The number of thioether (sulfide) groups is 1. The minimum atomic E-state index is -2.61. The molecule has 0 bridgehead atoms. The van der Waals surface area contributed by atoms with E-state index < -0.39 is 20.0 Å². The van der Waals surface area contributed by atoms with Crippen LogP contribution in [0, 0.1) is 0 Å². The minimum absolute atomic E-state index is 0.0154. The number of carbonyl (C=O) groups is 1. The summed E-state index contributed by atoms with van der Waals surface area (Å²) >= 11 is 2.03. The Morgan fingerprint density at radius 1 is 0.829 bits per heavy atom. The number of carboxylic acids is 1. The van der Waals surface area contributed by atoms with E-state index in [9.17, 15) is 14.5 Å². The molecule has 0 amide bonds. The van der Waals surface area contributed by atoms with E-state index in [2.05, 4.69) is 20.8 Å². The Labute approximate surface area is 220 Å². The number of carboxylic acid groups (broad SMARTS) is 1. The second-order valence-electron chi connectivity index (χ2n) is 9.62. The summed E-state index contributed by atoms with van der Waals surface area (Å²) in [5.41, 5.74) is -2.61. The topological polar surface area (TPSA) is 93.1 Å². The normalized spacial score (nSPS) is 15.2. The zero-order valence-electron chi connectivity index (χ0n) is 22.7. The van der Waals surface area contributed by atoms with E-state index in [0.29, 0.717) is 18.3 Å². The summed E-state index contributed by atoms with van der Waals surface area (Å²) in [5, 5.41) is 19.0. The lowest BCUT2D eigenvalue weighted by Crippen LogP contribution is -2.36. The molecule has 0 saturated heterocycles. The molecule has 35 heavy (non-hydrogen) atoms. The molecule has 0 saturated carbocycles. The molecule has 0 spiro atoms. The molecule has 0 aliphatic carbocycles. The van der Waals surface area contributed by atoms with Gasteiger partial charge in [-0.1, -0.05) is 108 Å². The van der Waals surface area contributed by atoms with Gasteiger partial charge in [-0.05, 0) is 31.9 Å². The summed E-state index contributed by atoms with van der Waals surface area (Å²) in [6.45, 7) is 7.03. The SMILES string of the molecule is CCCCCCCCCCCSC(CCCCCCCC)C(C)OCCCOC(O)([PH+]=O)C(=O)O. The first-order chi connectivity index (χ1) is 16.9. The van der Waals surface area contributed by atoms with Crippen molar-refractivity contribution in [2.75, 3.05) is 19.0 Å². The minimum Gasteiger partial charge on any atom is -0.474 e. The molecule has 4 unspecified atom stereocenters. The predicted molar refractivity (Wildman–Crippen MR) is 149 cm³/mol. The maximum atomic E-state index is 10.9. The predicted octanol–water partition coefficient (Wildman–Crippen LogP) is 7.94. The van der Waals surface area contributed by atoms with Gasteiger partial charge in [-0.15, -0.1) is 0 Å². The molecule has 0 aliphatic rings. The fraction of sp³-hybridized carbons (Fsp3) is 0.963. The molecule has 0 aromatic rings. The van der Waals surface area contributed by atoms with Crippen LogP contribution in [-0.4, -0.2) is 52.0 Å². The van der Waals surface area contributed by atoms with E-state index in [1.54, 1.807) is 0 Å². The van der Waals surface area contributed by atoms with Crippen molar-refractivity contribution < 1.29 is 29.0 Å². The Hall–Kier alpha value is -0.200. The third kappa shape index (κ3) is 19.6. The van der Waals surface area contributed by atoms with Crippen molar-refractivity contribution in [3.8, 4) is 0 Å². The van der Waals surface area contributed by atoms with Gasteiger partial charge in [-0.2, -0.15) is 11.8 Å². The summed E-state index contributed by atoms with van der Waals surface area (Å²) in [6, 6.07) is 0. The van der Waals surface area contributed by atoms with Crippen molar-refractivity contribution in [1.82, 2.24) is 0 Å². The number of hydrogen-bond acceptors (Lipinski definition) is 6. The van der Waals surface area contributed by atoms with Gasteiger partial charge in [0.2, 0.25) is 0 Å². The van der Waals surface area contributed by atoms with Crippen LogP contribution in [0.1, 0.15) is 130 Å². The summed E-state index contributed by atoms with van der Waals surface area (Å²) in [5.74, 6) is -0.463.